The number of rotatable bonds is 3. The van der Waals surface area contributed by atoms with Gasteiger partial charge in [0.15, 0.2) is 11.5 Å². The summed E-state index contributed by atoms with van der Waals surface area (Å²) in [6, 6.07) is 6.53. The van der Waals surface area contributed by atoms with Crippen molar-refractivity contribution >= 4 is 29.7 Å². The topological polar surface area (TPSA) is 38.7 Å². The molecule has 0 aliphatic rings. The molecule has 1 atom stereocenters. The molecule has 1 rings (SSSR count). The molecule has 0 bridgehead atoms. The van der Waals surface area contributed by atoms with Crippen molar-refractivity contribution in [3.8, 4) is 11.5 Å². The SMILES string of the molecule is COP(=S)(S)Oc1ccccc1O. The molecule has 0 aliphatic carbocycles. The number of aromatic hydroxyl groups is 1. The molecule has 0 amide bonds. The average Bonchev–Trinajstić information content (AvgIpc) is 2.09. The maximum atomic E-state index is 9.33. The molecule has 13 heavy (non-hydrogen) atoms. The lowest BCUT2D eigenvalue weighted by atomic mass is 10.3. The first kappa shape index (κ1) is 10.9. The smallest absolute Gasteiger partial charge is 0.294 e. The van der Waals surface area contributed by atoms with Crippen LogP contribution in [0.3, 0.4) is 0 Å². The molecule has 0 saturated heterocycles. The first-order valence-corrected chi connectivity index (χ1v) is 7.20. The lowest BCUT2D eigenvalue weighted by Crippen LogP contribution is -1.88. The number of phenols is 1. The fourth-order valence-electron chi connectivity index (χ4n) is 0.696. The van der Waals surface area contributed by atoms with Gasteiger partial charge in [0.1, 0.15) is 0 Å². The minimum atomic E-state index is -2.55. The molecule has 3 nitrogen and oxygen atoms in total. The summed E-state index contributed by atoms with van der Waals surface area (Å²) in [4.78, 5) is 0. The van der Waals surface area contributed by atoms with E-state index in [4.69, 9.17) is 20.9 Å². The Bertz CT molecular complexity index is 342. The number of thiol groups is 1. The molecule has 0 spiro atoms. The van der Waals surface area contributed by atoms with E-state index in [2.05, 4.69) is 12.2 Å². The van der Waals surface area contributed by atoms with Crippen LogP contribution in [0.15, 0.2) is 24.3 Å². The monoisotopic (exact) mass is 236 g/mol. The molecule has 1 aromatic carbocycles. The zero-order valence-electron chi connectivity index (χ0n) is 6.88. The number of benzene rings is 1. The van der Waals surface area contributed by atoms with E-state index >= 15 is 0 Å². The Kier molecular flexibility index (Phi) is 3.62. The Labute approximate surface area is 87.0 Å². The molecule has 1 aromatic rings. The zero-order chi connectivity index (χ0) is 9.90. The van der Waals surface area contributed by atoms with Crippen molar-refractivity contribution in [1.29, 1.82) is 0 Å². The van der Waals surface area contributed by atoms with Crippen LogP contribution in [0.2, 0.25) is 0 Å². The van der Waals surface area contributed by atoms with E-state index in [1.165, 1.54) is 13.2 Å². The summed E-state index contributed by atoms with van der Waals surface area (Å²) in [7, 11) is 1.42. The first-order valence-electron chi connectivity index (χ1n) is 3.41. The van der Waals surface area contributed by atoms with Crippen molar-refractivity contribution in [3.05, 3.63) is 24.3 Å². The Morgan fingerprint density at radius 2 is 2.08 bits per heavy atom. The Morgan fingerprint density at radius 3 is 2.62 bits per heavy atom. The minimum Gasteiger partial charge on any atom is -0.504 e. The molecule has 6 heteroatoms. The first-order chi connectivity index (χ1) is 6.05. The molecular weight excluding hydrogens is 227 g/mol. The Hall–Kier alpha value is -0.220. The van der Waals surface area contributed by atoms with Gasteiger partial charge in [0.2, 0.25) is 0 Å². The van der Waals surface area contributed by atoms with E-state index in [1.54, 1.807) is 18.2 Å². The van der Waals surface area contributed by atoms with Gasteiger partial charge in [-0.1, -0.05) is 24.4 Å². The molecular formula is C7H9O3PS2. The van der Waals surface area contributed by atoms with Crippen molar-refractivity contribution in [1.82, 2.24) is 0 Å². The van der Waals surface area contributed by atoms with E-state index < -0.39 is 5.69 Å². The largest absolute Gasteiger partial charge is 0.504 e. The van der Waals surface area contributed by atoms with Crippen LogP contribution in [0.5, 0.6) is 11.5 Å². The van der Waals surface area contributed by atoms with Crippen LogP contribution in [-0.4, -0.2) is 12.2 Å². The van der Waals surface area contributed by atoms with Gasteiger partial charge in [0.05, 0.1) is 0 Å². The number of para-hydroxylation sites is 2. The molecule has 1 N–H and O–H groups in total. The molecule has 0 radical (unpaired) electrons. The van der Waals surface area contributed by atoms with Gasteiger partial charge in [-0.25, -0.2) is 0 Å². The summed E-state index contributed by atoms with van der Waals surface area (Å²) in [5, 5.41) is 9.33. The van der Waals surface area contributed by atoms with E-state index in [0.29, 0.717) is 5.75 Å². The van der Waals surface area contributed by atoms with Gasteiger partial charge < -0.3 is 14.2 Å². The van der Waals surface area contributed by atoms with Crippen LogP contribution in [0.4, 0.5) is 0 Å². The van der Waals surface area contributed by atoms with Gasteiger partial charge in [-0.05, 0) is 23.9 Å². The van der Waals surface area contributed by atoms with Crippen molar-refractivity contribution in [2.24, 2.45) is 0 Å². The second-order valence-corrected chi connectivity index (χ2v) is 7.53. The average molecular weight is 236 g/mol. The Balaban J connectivity index is 2.86. The highest BCUT2D eigenvalue weighted by atomic mass is 32.9. The normalized spacial score (nSPS) is 14.9. The van der Waals surface area contributed by atoms with Gasteiger partial charge in [0, 0.05) is 7.11 Å². The highest BCUT2D eigenvalue weighted by molar-refractivity contribution is 8.60. The maximum Gasteiger partial charge on any atom is 0.294 e. The number of hydrogen-bond acceptors (Lipinski definition) is 4. The van der Waals surface area contributed by atoms with Crippen LogP contribution in [0, 0.1) is 0 Å². The predicted octanol–water partition coefficient (Wildman–Crippen LogP) is 2.57. The molecule has 0 saturated carbocycles. The minimum absolute atomic E-state index is 0.0304. The lowest BCUT2D eigenvalue weighted by molar-refractivity contribution is 0.392. The highest BCUT2D eigenvalue weighted by Crippen LogP contribution is 2.53. The van der Waals surface area contributed by atoms with Crippen LogP contribution in [0.25, 0.3) is 0 Å². The predicted molar refractivity (Wildman–Crippen MR) is 59.0 cm³/mol. The van der Waals surface area contributed by atoms with Gasteiger partial charge in [-0.15, -0.1) is 0 Å². The lowest BCUT2D eigenvalue weighted by Gasteiger charge is -2.15. The fourth-order valence-corrected chi connectivity index (χ4v) is 1.68. The summed E-state index contributed by atoms with van der Waals surface area (Å²) in [6.07, 6.45) is 0. The molecule has 72 valence electrons. The molecule has 0 aliphatic heterocycles. The van der Waals surface area contributed by atoms with Crippen molar-refractivity contribution in [2.75, 3.05) is 7.11 Å². The van der Waals surface area contributed by atoms with Gasteiger partial charge in [0.25, 0.3) is 5.69 Å². The third-order valence-corrected chi connectivity index (χ3v) is 3.60. The fraction of sp³-hybridized carbons (Fsp3) is 0.143. The summed E-state index contributed by atoms with van der Waals surface area (Å²) in [5.41, 5.74) is -2.55. The second-order valence-electron chi connectivity index (χ2n) is 2.21. The van der Waals surface area contributed by atoms with E-state index in [0.717, 1.165) is 0 Å². The van der Waals surface area contributed by atoms with E-state index in [-0.39, 0.29) is 5.75 Å². The molecule has 0 aromatic heterocycles. The third kappa shape index (κ3) is 3.19. The summed E-state index contributed by atoms with van der Waals surface area (Å²) >= 11 is 8.92. The van der Waals surface area contributed by atoms with Crippen molar-refractivity contribution < 1.29 is 14.2 Å². The van der Waals surface area contributed by atoms with Gasteiger partial charge in [-0.2, -0.15) is 0 Å². The summed E-state index contributed by atoms with van der Waals surface area (Å²) in [5.74, 6) is 0.325. The van der Waals surface area contributed by atoms with Crippen molar-refractivity contribution in [2.45, 2.75) is 0 Å². The van der Waals surface area contributed by atoms with E-state index in [9.17, 15) is 5.11 Å². The van der Waals surface area contributed by atoms with Gasteiger partial charge >= 0.3 is 0 Å². The number of phenolic OH excluding ortho intramolecular Hbond substituents is 1. The van der Waals surface area contributed by atoms with Crippen molar-refractivity contribution in [3.63, 3.8) is 0 Å². The van der Waals surface area contributed by atoms with Crippen LogP contribution < -0.4 is 4.52 Å². The maximum absolute atomic E-state index is 9.33. The van der Waals surface area contributed by atoms with E-state index in [1.807, 2.05) is 0 Å². The van der Waals surface area contributed by atoms with Crippen LogP contribution in [-0.2, 0) is 16.3 Å². The molecule has 1 unspecified atom stereocenters. The third-order valence-electron chi connectivity index (χ3n) is 1.31. The molecule has 0 heterocycles. The zero-order valence-corrected chi connectivity index (χ0v) is 9.48. The summed E-state index contributed by atoms with van der Waals surface area (Å²) < 4.78 is 10.1. The summed E-state index contributed by atoms with van der Waals surface area (Å²) in [6.45, 7) is 0. The number of hydrogen-bond donors (Lipinski definition) is 2. The molecule has 0 fully saturated rings. The van der Waals surface area contributed by atoms with Crippen LogP contribution in [0.1, 0.15) is 0 Å². The van der Waals surface area contributed by atoms with Gasteiger partial charge in [-0.3, -0.25) is 0 Å². The standard InChI is InChI=1S/C7H9O3PS2/c1-9-11(12,13)10-7-5-3-2-4-6(7)8/h2-5,8H,1H3,(H,12,13). The Morgan fingerprint density at radius 1 is 1.46 bits per heavy atom. The van der Waals surface area contributed by atoms with Crippen LogP contribution >= 0.6 is 17.9 Å². The highest BCUT2D eigenvalue weighted by Gasteiger charge is 2.14. The quantitative estimate of drug-likeness (QED) is 0.625. The second kappa shape index (κ2) is 4.33.